The summed E-state index contributed by atoms with van der Waals surface area (Å²) in [5.74, 6) is 1.70. The minimum Gasteiger partial charge on any atom is -0.357 e. The van der Waals surface area contributed by atoms with E-state index in [-0.39, 0.29) is 0 Å². The Bertz CT molecular complexity index is 197. The van der Waals surface area contributed by atoms with Crippen LogP contribution in [0.15, 0.2) is 0 Å². The molecule has 0 aliphatic heterocycles. The standard InChI is InChI=1S/C10H23OPS2/c1-5-7-9(3)8-14-12(11,13)10(4)6-2/h9-10H,5-8H2,1-4H3,(H,11,13). The van der Waals surface area contributed by atoms with E-state index in [1.54, 1.807) is 11.4 Å². The first-order valence-electron chi connectivity index (χ1n) is 5.41. The monoisotopic (exact) mass is 254 g/mol. The van der Waals surface area contributed by atoms with Crippen molar-refractivity contribution in [2.75, 3.05) is 5.75 Å². The van der Waals surface area contributed by atoms with Gasteiger partial charge in [-0.3, -0.25) is 0 Å². The van der Waals surface area contributed by atoms with Crippen LogP contribution in [0, 0.1) is 5.92 Å². The van der Waals surface area contributed by atoms with Gasteiger partial charge in [-0.25, -0.2) is 0 Å². The third-order valence-corrected chi connectivity index (χ3v) is 9.71. The van der Waals surface area contributed by atoms with Crippen molar-refractivity contribution in [1.82, 2.24) is 0 Å². The molecule has 0 saturated carbocycles. The Balaban J connectivity index is 3.92. The molecule has 0 rings (SSSR count). The fraction of sp³-hybridized carbons (Fsp3) is 1.00. The van der Waals surface area contributed by atoms with E-state index in [0.29, 0.717) is 11.6 Å². The Morgan fingerprint density at radius 1 is 1.36 bits per heavy atom. The molecule has 0 aliphatic rings. The summed E-state index contributed by atoms with van der Waals surface area (Å²) >= 11 is 6.94. The molecular formula is C10H23OPS2. The molecule has 0 spiro atoms. The van der Waals surface area contributed by atoms with Crippen molar-refractivity contribution in [2.45, 2.75) is 52.6 Å². The van der Waals surface area contributed by atoms with Crippen LogP contribution in [-0.2, 0) is 11.8 Å². The summed E-state index contributed by atoms with van der Waals surface area (Å²) in [6.45, 7) is 8.60. The molecule has 0 heterocycles. The quantitative estimate of drug-likeness (QED) is 0.686. The van der Waals surface area contributed by atoms with Gasteiger partial charge >= 0.3 is 0 Å². The number of rotatable bonds is 7. The largest absolute Gasteiger partial charge is 0.357 e. The third-order valence-electron chi connectivity index (χ3n) is 2.47. The molecule has 0 aliphatic carbocycles. The summed E-state index contributed by atoms with van der Waals surface area (Å²) in [6.07, 6.45) is 3.45. The molecule has 0 radical (unpaired) electrons. The van der Waals surface area contributed by atoms with E-state index in [1.807, 2.05) is 0 Å². The molecular weight excluding hydrogens is 231 g/mol. The van der Waals surface area contributed by atoms with Crippen LogP contribution in [0.3, 0.4) is 0 Å². The highest BCUT2D eigenvalue weighted by molar-refractivity contribution is 8.69. The molecule has 1 nitrogen and oxygen atoms in total. The highest BCUT2D eigenvalue weighted by Gasteiger charge is 2.21. The van der Waals surface area contributed by atoms with Gasteiger partial charge in [0.05, 0.1) is 0 Å². The lowest BCUT2D eigenvalue weighted by Gasteiger charge is -2.22. The predicted octanol–water partition coefficient (Wildman–Crippen LogP) is 4.26. The third kappa shape index (κ3) is 5.75. The minimum absolute atomic E-state index is 0.302. The maximum absolute atomic E-state index is 10.1. The van der Waals surface area contributed by atoms with E-state index < -0.39 is 5.47 Å². The van der Waals surface area contributed by atoms with Crippen molar-refractivity contribution in [3.8, 4) is 0 Å². The first kappa shape index (κ1) is 15.0. The van der Waals surface area contributed by atoms with Crippen molar-refractivity contribution >= 4 is 28.7 Å². The predicted molar refractivity (Wildman–Crippen MR) is 72.8 cm³/mol. The van der Waals surface area contributed by atoms with Crippen molar-refractivity contribution < 1.29 is 4.89 Å². The van der Waals surface area contributed by atoms with Gasteiger partial charge in [-0.05, 0) is 12.3 Å². The van der Waals surface area contributed by atoms with Crippen LogP contribution >= 0.6 is 16.8 Å². The first-order valence-corrected chi connectivity index (χ1v) is 9.82. The van der Waals surface area contributed by atoms with Gasteiger partial charge in [0, 0.05) is 11.4 Å². The molecule has 3 unspecified atom stereocenters. The maximum Gasteiger partial charge on any atom is 0.119 e. The smallest absolute Gasteiger partial charge is 0.119 e. The van der Waals surface area contributed by atoms with Crippen LogP contribution in [0.5, 0.6) is 0 Å². The first-order chi connectivity index (χ1) is 6.44. The van der Waals surface area contributed by atoms with Crippen LogP contribution in [0.25, 0.3) is 0 Å². The SMILES string of the molecule is CCCC(C)CSP(O)(=S)C(C)CC. The van der Waals surface area contributed by atoms with Crippen molar-refractivity contribution in [2.24, 2.45) is 5.92 Å². The average molecular weight is 254 g/mol. The lowest BCUT2D eigenvalue weighted by molar-refractivity contribution is 0.584. The molecule has 0 fully saturated rings. The van der Waals surface area contributed by atoms with Gasteiger partial charge in [-0.15, -0.1) is 0 Å². The fourth-order valence-electron chi connectivity index (χ4n) is 1.17. The Kier molecular flexibility index (Phi) is 7.77. The van der Waals surface area contributed by atoms with E-state index in [1.165, 1.54) is 12.8 Å². The van der Waals surface area contributed by atoms with Crippen molar-refractivity contribution in [3.05, 3.63) is 0 Å². The molecule has 0 amide bonds. The highest BCUT2D eigenvalue weighted by Crippen LogP contribution is 2.60. The molecule has 14 heavy (non-hydrogen) atoms. The molecule has 0 aromatic rings. The maximum atomic E-state index is 10.1. The zero-order valence-corrected chi connectivity index (χ0v) is 12.2. The zero-order valence-electron chi connectivity index (χ0n) is 9.69. The average Bonchev–Trinajstić information content (AvgIpc) is 2.14. The minimum atomic E-state index is -2.11. The van der Waals surface area contributed by atoms with E-state index in [2.05, 4.69) is 27.7 Å². The summed E-state index contributed by atoms with van der Waals surface area (Å²) in [6, 6.07) is 0. The molecule has 1 N–H and O–H groups in total. The van der Waals surface area contributed by atoms with Gasteiger partial charge in [-0.1, -0.05) is 63.7 Å². The van der Waals surface area contributed by atoms with E-state index in [0.717, 1.165) is 12.2 Å². The van der Waals surface area contributed by atoms with Gasteiger partial charge in [0.1, 0.15) is 5.47 Å². The molecule has 0 aromatic carbocycles. The van der Waals surface area contributed by atoms with Gasteiger partial charge in [-0.2, -0.15) is 0 Å². The number of hydrogen-bond acceptors (Lipinski definition) is 2. The Morgan fingerprint density at radius 2 is 1.93 bits per heavy atom. The summed E-state index contributed by atoms with van der Waals surface area (Å²) in [7, 11) is 0. The second kappa shape index (κ2) is 7.27. The van der Waals surface area contributed by atoms with Crippen LogP contribution in [0.4, 0.5) is 0 Å². The Morgan fingerprint density at radius 3 is 2.36 bits per heavy atom. The van der Waals surface area contributed by atoms with Gasteiger partial charge < -0.3 is 4.89 Å². The summed E-state index contributed by atoms with van der Waals surface area (Å²) in [5, 5.41) is 0. The van der Waals surface area contributed by atoms with Crippen LogP contribution in [-0.4, -0.2) is 16.3 Å². The van der Waals surface area contributed by atoms with Crippen LogP contribution in [0.1, 0.15) is 47.0 Å². The second-order valence-electron chi connectivity index (χ2n) is 4.01. The molecule has 0 aromatic heterocycles. The molecule has 0 bridgehead atoms. The van der Waals surface area contributed by atoms with Crippen LogP contribution < -0.4 is 0 Å². The van der Waals surface area contributed by atoms with Crippen molar-refractivity contribution in [3.63, 3.8) is 0 Å². The second-order valence-corrected chi connectivity index (χ2v) is 11.4. The topological polar surface area (TPSA) is 20.2 Å². The summed E-state index contributed by atoms with van der Waals surface area (Å²) in [5.41, 5.74) is -1.81. The molecule has 0 saturated heterocycles. The Labute approximate surface area is 97.9 Å². The lowest BCUT2D eigenvalue weighted by Crippen LogP contribution is -2.02. The van der Waals surface area contributed by atoms with Gasteiger partial charge in [0.25, 0.3) is 0 Å². The normalized spacial score (nSPS) is 20.1. The van der Waals surface area contributed by atoms with Crippen LogP contribution in [0.2, 0.25) is 0 Å². The Hall–Kier alpha value is 0.960. The highest BCUT2D eigenvalue weighted by atomic mass is 32.9. The van der Waals surface area contributed by atoms with E-state index in [9.17, 15) is 4.89 Å². The van der Waals surface area contributed by atoms with E-state index >= 15 is 0 Å². The van der Waals surface area contributed by atoms with E-state index in [4.69, 9.17) is 11.8 Å². The molecule has 4 heteroatoms. The lowest BCUT2D eigenvalue weighted by atomic mass is 10.1. The van der Waals surface area contributed by atoms with Gasteiger partial charge in [0.2, 0.25) is 0 Å². The molecule has 3 atom stereocenters. The molecule has 86 valence electrons. The fourth-order valence-corrected chi connectivity index (χ4v) is 6.13. The van der Waals surface area contributed by atoms with Crippen molar-refractivity contribution in [1.29, 1.82) is 0 Å². The summed E-state index contributed by atoms with van der Waals surface area (Å²) in [4.78, 5) is 10.1. The number of hydrogen-bond donors (Lipinski definition) is 1. The zero-order chi connectivity index (χ0) is 11.2. The van der Waals surface area contributed by atoms with Gasteiger partial charge in [0.15, 0.2) is 0 Å². The summed E-state index contributed by atoms with van der Waals surface area (Å²) < 4.78 is 0.